The van der Waals surface area contributed by atoms with Crippen molar-refractivity contribution in [1.29, 1.82) is 0 Å². The van der Waals surface area contributed by atoms with Crippen molar-refractivity contribution >= 4 is 33.3 Å². The number of nitrogens with zero attached hydrogens (tertiary/aromatic N) is 5. The number of piperazine rings is 1. The summed E-state index contributed by atoms with van der Waals surface area (Å²) >= 11 is 0. The van der Waals surface area contributed by atoms with Gasteiger partial charge in [0.05, 0.1) is 4.90 Å². The van der Waals surface area contributed by atoms with Crippen LogP contribution in [0.1, 0.15) is 20.8 Å². The minimum Gasteiger partial charge on any atom is -0.356 e. The van der Waals surface area contributed by atoms with E-state index >= 15 is 0 Å². The lowest BCUT2D eigenvalue weighted by atomic mass is 10.3. The van der Waals surface area contributed by atoms with Gasteiger partial charge >= 0.3 is 0 Å². The third-order valence-corrected chi connectivity index (χ3v) is 7.01. The highest BCUT2D eigenvalue weighted by atomic mass is 32.2. The molecular weight excluding hydrogens is 404 g/mol. The van der Waals surface area contributed by atoms with Gasteiger partial charge in [0.1, 0.15) is 0 Å². The summed E-state index contributed by atoms with van der Waals surface area (Å²) in [7, 11) is -3.59. The van der Waals surface area contributed by atoms with E-state index in [9.17, 15) is 13.2 Å². The van der Waals surface area contributed by atoms with Gasteiger partial charge in [-0.05, 0) is 50.2 Å². The number of sulfonamides is 1. The Labute approximate surface area is 177 Å². The van der Waals surface area contributed by atoms with Gasteiger partial charge in [0.15, 0.2) is 11.6 Å². The number of nitrogens with one attached hydrogen (secondary N) is 1. The van der Waals surface area contributed by atoms with Gasteiger partial charge in [-0.25, -0.2) is 8.42 Å². The number of carbonyl (C=O) groups excluding carboxylic acids is 1. The molecule has 10 heteroatoms. The molecule has 0 aliphatic carbocycles. The van der Waals surface area contributed by atoms with Gasteiger partial charge < -0.3 is 15.1 Å². The van der Waals surface area contributed by atoms with Crippen molar-refractivity contribution in [3.8, 4) is 0 Å². The van der Waals surface area contributed by atoms with E-state index in [1.807, 2.05) is 17.0 Å². The second kappa shape index (κ2) is 9.40. The molecule has 0 atom stereocenters. The molecule has 2 aromatic rings. The Balaban J connectivity index is 1.63. The first-order valence-electron chi connectivity index (χ1n) is 10.1. The Hall–Kier alpha value is -2.72. The third-order valence-electron chi connectivity index (χ3n) is 5.10. The van der Waals surface area contributed by atoms with Crippen molar-refractivity contribution in [2.24, 2.45) is 0 Å². The molecule has 9 nitrogen and oxygen atoms in total. The molecule has 1 fully saturated rings. The predicted octanol–water partition coefficient (Wildman–Crippen LogP) is 1.79. The summed E-state index contributed by atoms with van der Waals surface area (Å²) in [5.41, 5.74) is 0.568. The van der Waals surface area contributed by atoms with Crippen molar-refractivity contribution in [3.05, 3.63) is 36.4 Å². The van der Waals surface area contributed by atoms with Crippen LogP contribution in [0.3, 0.4) is 0 Å². The van der Waals surface area contributed by atoms with E-state index in [0.29, 0.717) is 31.9 Å². The average Bonchev–Trinajstić information content (AvgIpc) is 2.75. The molecular formula is C20H28N6O3S. The summed E-state index contributed by atoms with van der Waals surface area (Å²) in [5, 5.41) is 11.3. The Morgan fingerprint density at radius 1 is 1.00 bits per heavy atom. The topological polar surface area (TPSA) is 98.7 Å². The minimum absolute atomic E-state index is 0.199. The molecule has 2 heterocycles. The van der Waals surface area contributed by atoms with E-state index in [2.05, 4.69) is 34.3 Å². The lowest BCUT2D eigenvalue weighted by Crippen LogP contribution is -2.49. The molecule has 162 valence electrons. The lowest BCUT2D eigenvalue weighted by molar-refractivity contribution is -0.114. The number of hydrogen-bond acceptors (Lipinski definition) is 7. The summed E-state index contributed by atoms with van der Waals surface area (Å²) in [6, 6.07) is 10.1. The molecule has 0 spiro atoms. The zero-order chi connectivity index (χ0) is 21.7. The maximum Gasteiger partial charge on any atom is 0.243 e. The van der Waals surface area contributed by atoms with E-state index in [4.69, 9.17) is 0 Å². The van der Waals surface area contributed by atoms with Crippen LogP contribution in [0.2, 0.25) is 0 Å². The van der Waals surface area contributed by atoms with Crippen molar-refractivity contribution in [2.75, 3.05) is 54.4 Å². The number of amides is 1. The summed E-state index contributed by atoms with van der Waals surface area (Å²) in [6.07, 6.45) is 0. The maximum absolute atomic E-state index is 12.9. The normalized spacial score (nSPS) is 15.1. The fourth-order valence-electron chi connectivity index (χ4n) is 3.42. The summed E-state index contributed by atoms with van der Waals surface area (Å²) < 4.78 is 27.4. The van der Waals surface area contributed by atoms with Crippen molar-refractivity contribution in [1.82, 2.24) is 14.5 Å². The first-order valence-corrected chi connectivity index (χ1v) is 11.5. The smallest absolute Gasteiger partial charge is 0.243 e. The van der Waals surface area contributed by atoms with E-state index in [1.165, 1.54) is 23.4 Å². The molecule has 30 heavy (non-hydrogen) atoms. The van der Waals surface area contributed by atoms with Gasteiger partial charge in [0, 0.05) is 51.9 Å². The molecule has 3 rings (SSSR count). The molecule has 1 aromatic carbocycles. The lowest BCUT2D eigenvalue weighted by Gasteiger charge is -2.34. The average molecular weight is 433 g/mol. The molecule has 1 aromatic heterocycles. The number of anilines is 3. The fourth-order valence-corrected chi connectivity index (χ4v) is 4.85. The van der Waals surface area contributed by atoms with Gasteiger partial charge in [-0.15, -0.1) is 10.2 Å². The molecule has 1 saturated heterocycles. The first-order chi connectivity index (χ1) is 14.3. The molecule has 1 aliphatic heterocycles. The predicted molar refractivity (Wildman–Crippen MR) is 117 cm³/mol. The number of rotatable bonds is 7. The van der Waals surface area contributed by atoms with Crippen LogP contribution in [0.5, 0.6) is 0 Å². The highest BCUT2D eigenvalue weighted by Crippen LogP contribution is 2.22. The SMILES string of the molecule is CCN(CC)c1ccc(N2CCN(S(=O)(=O)c3ccc(NC(C)=O)cc3)CC2)nn1. The summed E-state index contributed by atoms with van der Waals surface area (Å²) in [6.45, 7) is 9.12. The highest BCUT2D eigenvalue weighted by molar-refractivity contribution is 7.89. The van der Waals surface area contributed by atoms with Crippen LogP contribution in [0.25, 0.3) is 0 Å². The van der Waals surface area contributed by atoms with Crippen molar-refractivity contribution in [2.45, 2.75) is 25.7 Å². The molecule has 0 radical (unpaired) electrons. The van der Waals surface area contributed by atoms with E-state index in [0.717, 1.165) is 24.7 Å². The summed E-state index contributed by atoms with van der Waals surface area (Å²) in [4.78, 5) is 15.5. The zero-order valence-electron chi connectivity index (χ0n) is 17.6. The minimum atomic E-state index is -3.59. The van der Waals surface area contributed by atoms with E-state index < -0.39 is 10.0 Å². The van der Waals surface area contributed by atoms with E-state index in [-0.39, 0.29) is 10.8 Å². The second-order valence-corrected chi connectivity index (χ2v) is 8.96. The van der Waals surface area contributed by atoms with Crippen LogP contribution in [0.15, 0.2) is 41.3 Å². The van der Waals surface area contributed by atoms with Crippen LogP contribution in [0.4, 0.5) is 17.3 Å². The Kier molecular flexibility index (Phi) is 6.88. The molecule has 1 N–H and O–H groups in total. The first kappa shape index (κ1) is 22.0. The number of benzene rings is 1. The second-order valence-electron chi connectivity index (χ2n) is 7.02. The van der Waals surface area contributed by atoms with Gasteiger partial charge in [-0.3, -0.25) is 4.79 Å². The molecule has 1 amide bonds. The van der Waals surface area contributed by atoms with Gasteiger partial charge in [0.2, 0.25) is 15.9 Å². The quantitative estimate of drug-likeness (QED) is 0.712. The van der Waals surface area contributed by atoms with Crippen molar-refractivity contribution in [3.63, 3.8) is 0 Å². The van der Waals surface area contributed by atoms with Crippen LogP contribution >= 0.6 is 0 Å². The fraction of sp³-hybridized carbons (Fsp3) is 0.450. The van der Waals surface area contributed by atoms with Crippen LogP contribution in [0, 0.1) is 0 Å². The largest absolute Gasteiger partial charge is 0.356 e. The van der Waals surface area contributed by atoms with Gasteiger partial charge in [-0.1, -0.05) is 0 Å². The van der Waals surface area contributed by atoms with Crippen LogP contribution in [-0.4, -0.2) is 68.1 Å². The maximum atomic E-state index is 12.9. The van der Waals surface area contributed by atoms with Crippen LogP contribution < -0.4 is 15.1 Å². The Morgan fingerprint density at radius 3 is 2.13 bits per heavy atom. The monoisotopic (exact) mass is 432 g/mol. The third kappa shape index (κ3) is 4.88. The number of hydrogen-bond donors (Lipinski definition) is 1. The zero-order valence-corrected chi connectivity index (χ0v) is 18.4. The van der Waals surface area contributed by atoms with Gasteiger partial charge in [0.25, 0.3) is 0 Å². The highest BCUT2D eigenvalue weighted by Gasteiger charge is 2.29. The molecule has 0 unspecified atom stereocenters. The van der Waals surface area contributed by atoms with Gasteiger partial charge in [-0.2, -0.15) is 4.31 Å². The number of carbonyl (C=O) groups is 1. The molecule has 0 saturated carbocycles. The Morgan fingerprint density at radius 2 is 1.63 bits per heavy atom. The Bertz CT molecular complexity index is 951. The standard InChI is InChI=1S/C20H28N6O3S/c1-4-24(5-2)19-10-11-20(23-22-19)25-12-14-26(15-13-25)30(28,29)18-8-6-17(7-9-18)21-16(3)27/h6-11H,4-5,12-15H2,1-3H3,(H,21,27). The number of aromatic nitrogens is 2. The van der Waals surface area contributed by atoms with E-state index in [1.54, 1.807) is 12.1 Å². The van der Waals surface area contributed by atoms with Crippen molar-refractivity contribution < 1.29 is 13.2 Å². The molecule has 0 bridgehead atoms. The molecule has 1 aliphatic rings. The van der Waals surface area contributed by atoms with Crippen LogP contribution in [-0.2, 0) is 14.8 Å². The summed E-state index contributed by atoms with van der Waals surface area (Å²) in [5.74, 6) is 1.39.